The van der Waals surface area contributed by atoms with Gasteiger partial charge in [0.2, 0.25) is 0 Å². The smallest absolute Gasteiger partial charge is 0.123 e. The minimum absolute atomic E-state index is 0.199. The van der Waals surface area contributed by atoms with Gasteiger partial charge >= 0.3 is 0 Å². The lowest BCUT2D eigenvalue weighted by Crippen LogP contribution is -2.22. The van der Waals surface area contributed by atoms with E-state index in [1.807, 2.05) is 45.0 Å². The van der Waals surface area contributed by atoms with E-state index in [1.165, 1.54) is 12.8 Å². The van der Waals surface area contributed by atoms with Gasteiger partial charge in [-0.2, -0.15) is 0 Å². The molecule has 0 radical (unpaired) electrons. The third kappa shape index (κ3) is 8.10. The minimum Gasteiger partial charge on any atom is -0.488 e. The summed E-state index contributed by atoms with van der Waals surface area (Å²) < 4.78 is 5.78. The van der Waals surface area contributed by atoms with Crippen molar-refractivity contribution in [2.45, 2.75) is 77.9 Å². The van der Waals surface area contributed by atoms with Gasteiger partial charge in [-0.3, -0.25) is 0 Å². The van der Waals surface area contributed by atoms with Crippen LogP contribution in [0.4, 0.5) is 0 Å². The van der Waals surface area contributed by atoms with E-state index in [1.54, 1.807) is 6.92 Å². The van der Waals surface area contributed by atoms with Crippen molar-refractivity contribution in [3.05, 3.63) is 29.8 Å². The summed E-state index contributed by atoms with van der Waals surface area (Å²) in [5.74, 6) is 6.88. The van der Waals surface area contributed by atoms with Gasteiger partial charge in [0.1, 0.15) is 17.0 Å². The molecule has 22 heavy (non-hydrogen) atoms. The standard InChI is InChI=1S/C20H30O2/c1-6-7-8-9-15-20(5,21)16-14-17-10-12-18(13-11-17)22-19(2,3)4/h10-13,21H,6-9,15H2,1-5H3. The van der Waals surface area contributed by atoms with E-state index < -0.39 is 5.60 Å². The van der Waals surface area contributed by atoms with Crippen LogP contribution in [0.1, 0.15) is 72.3 Å². The maximum Gasteiger partial charge on any atom is 0.123 e. The van der Waals surface area contributed by atoms with Gasteiger partial charge in [-0.15, -0.1) is 0 Å². The van der Waals surface area contributed by atoms with Crippen molar-refractivity contribution < 1.29 is 9.84 Å². The van der Waals surface area contributed by atoms with Gasteiger partial charge in [-0.05, 0) is 64.8 Å². The third-order valence-corrected chi connectivity index (χ3v) is 3.27. The van der Waals surface area contributed by atoms with E-state index in [0.29, 0.717) is 0 Å². The second-order valence-electron chi connectivity index (χ2n) is 7.07. The van der Waals surface area contributed by atoms with Crippen molar-refractivity contribution in [3.8, 4) is 17.6 Å². The summed E-state index contributed by atoms with van der Waals surface area (Å²) in [4.78, 5) is 0. The van der Waals surface area contributed by atoms with Crippen LogP contribution in [0.2, 0.25) is 0 Å². The van der Waals surface area contributed by atoms with Gasteiger partial charge in [0.05, 0.1) is 0 Å². The van der Waals surface area contributed by atoms with Crippen LogP contribution in [0.25, 0.3) is 0 Å². The van der Waals surface area contributed by atoms with E-state index in [2.05, 4.69) is 18.8 Å². The summed E-state index contributed by atoms with van der Waals surface area (Å²) in [6.07, 6.45) is 5.34. The zero-order valence-corrected chi connectivity index (χ0v) is 14.7. The monoisotopic (exact) mass is 302 g/mol. The molecule has 0 saturated carbocycles. The van der Waals surface area contributed by atoms with Crippen molar-refractivity contribution in [2.75, 3.05) is 0 Å². The van der Waals surface area contributed by atoms with Crippen molar-refractivity contribution in [1.29, 1.82) is 0 Å². The molecular weight excluding hydrogens is 272 g/mol. The van der Waals surface area contributed by atoms with Crippen LogP contribution in [-0.2, 0) is 0 Å². The fourth-order valence-electron chi connectivity index (χ4n) is 2.13. The lowest BCUT2D eigenvalue weighted by atomic mass is 9.98. The lowest BCUT2D eigenvalue weighted by Gasteiger charge is -2.21. The normalized spacial score (nSPS) is 13.9. The summed E-state index contributed by atoms with van der Waals surface area (Å²) in [6, 6.07) is 7.71. The molecule has 0 saturated heterocycles. The highest BCUT2D eigenvalue weighted by Crippen LogP contribution is 2.19. The SMILES string of the molecule is CCCCCCC(C)(O)C#Cc1ccc(OC(C)(C)C)cc1. The van der Waals surface area contributed by atoms with Crippen molar-refractivity contribution in [1.82, 2.24) is 0 Å². The topological polar surface area (TPSA) is 29.5 Å². The Hall–Kier alpha value is -1.46. The van der Waals surface area contributed by atoms with Gasteiger partial charge in [0.15, 0.2) is 0 Å². The van der Waals surface area contributed by atoms with E-state index in [4.69, 9.17) is 4.74 Å². The van der Waals surface area contributed by atoms with Crippen LogP contribution in [0.3, 0.4) is 0 Å². The molecule has 0 aromatic heterocycles. The highest BCUT2D eigenvalue weighted by molar-refractivity contribution is 5.39. The highest BCUT2D eigenvalue weighted by Gasteiger charge is 2.15. The highest BCUT2D eigenvalue weighted by atomic mass is 16.5. The van der Waals surface area contributed by atoms with Crippen LogP contribution >= 0.6 is 0 Å². The summed E-state index contributed by atoms with van der Waals surface area (Å²) in [7, 11) is 0. The molecule has 0 aliphatic heterocycles. The van der Waals surface area contributed by atoms with Crippen LogP contribution in [0, 0.1) is 11.8 Å². The van der Waals surface area contributed by atoms with Crippen molar-refractivity contribution >= 4 is 0 Å². The van der Waals surface area contributed by atoms with Gasteiger partial charge in [0, 0.05) is 5.56 Å². The molecule has 0 aliphatic rings. The van der Waals surface area contributed by atoms with E-state index in [-0.39, 0.29) is 5.60 Å². The maximum absolute atomic E-state index is 10.3. The fourth-order valence-corrected chi connectivity index (χ4v) is 2.13. The van der Waals surface area contributed by atoms with Gasteiger partial charge in [0.25, 0.3) is 0 Å². The molecule has 0 aliphatic carbocycles. The number of aliphatic hydroxyl groups is 1. The molecule has 1 aromatic rings. The number of ether oxygens (including phenoxy) is 1. The van der Waals surface area contributed by atoms with E-state index in [0.717, 1.165) is 30.6 Å². The van der Waals surface area contributed by atoms with Crippen LogP contribution in [0.5, 0.6) is 5.75 Å². The largest absolute Gasteiger partial charge is 0.488 e. The first-order chi connectivity index (χ1) is 10.2. The average molecular weight is 302 g/mol. The zero-order chi connectivity index (χ0) is 16.6. The molecular formula is C20H30O2. The van der Waals surface area contributed by atoms with Crippen LogP contribution in [0.15, 0.2) is 24.3 Å². The molecule has 0 fully saturated rings. The van der Waals surface area contributed by atoms with Crippen LogP contribution < -0.4 is 4.74 Å². The summed E-state index contributed by atoms with van der Waals surface area (Å²) >= 11 is 0. The number of hydrogen-bond donors (Lipinski definition) is 1. The molecule has 0 heterocycles. The summed E-state index contributed by atoms with van der Waals surface area (Å²) in [6.45, 7) is 10.1. The molecule has 2 heteroatoms. The molecule has 1 aromatic carbocycles. The summed E-state index contributed by atoms with van der Waals surface area (Å²) in [5.41, 5.74) is -0.209. The fraction of sp³-hybridized carbons (Fsp3) is 0.600. The quantitative estimate of drug-likeness (QED) is 0.596. The molecule has 0 amide bonds. The maximum atomic E-state index is 10.3. The van der Waals surface area contributed by atoms with Gasteiger partial charge in [-0.25, -0.2) is 0 Å². The Morgan fingerprint density at radius 3 is 2.18 bits per heavy atom. The molecule has 2 nitrogen and oxygen atoms in total. The average Bonchev–Trinajstić information content (AvgIpc) is 2.41. The first-order valence-electron chi connectivity index (χ1n) is 8.26. The second kappa shape index (κ2) is 8.25. The van der Waals surface area contributed by atoms with Gasteiger partial charge in [-0.1, -0.05) is 38.0 Å². The zero-order valence-electron chi connectivity index (χ0n) is 14.7. The van der Waals surface area contributed by atoms with Gasteiger partial charge < -0.3 is 9.84 Å². The van der Waals surface area contributed by atoms with Crippen molar-refractivity contribution in [3.63, 3.8) is 0 Å². The second-order valence-corrected chi connectivity index (χ2v) is 7.07. The predicted octanol–water partition coefficient (Wildman–Crippen LogP) is 4.94. The number of benzene rings is 1. The Morgan fingerprint density at radius 2 is 1.64 bits per heavy atom. The van der Waals surface area contributed by atoms with E-state index >= 15 is 0 Å². The predicted molar refractivity (Wildman–Crippen MR) is 93.1 cm³/mol. The molecule has 1 N–H and O–H groups in total. The molecule has 1 rings (SSSR count). The van der Waals surface area contributed by atoms with Crippen molar-refractivity contribution in [2.24, 2.45) is 0 Å². The number of hydrogen-bond acceptors (Lipinski definition) is 2. The molecule has 0 spiro atoms. The van der Waals surface area contributed by atoms with E-state index in [9.17, 15) is 5.11 Å². The molecule has 0 bridgehead atoms. The Bertz CT molecular complexity index is 495. The Morgan fingerprint density at radius 1 is 1.00 bits per heavy atom. The van der Waals surface area contributed by atoms with Crippen LogP contribution in [-0.4, -0.2) is 16.3 Å². The number of rotatable bonds is 6. The summed E-state index contributed by atoms with van der Waals surface area (Å²) in [5, 5.41) is 10.3. The molecule has 122 valence electrons. The minimum atomic E-state index is -0.908. The Balaban J connectivity index is 2.59. The Kier molecular flexibility index (Phi) is 6.97. The Labute approximate surface area is 135 Å². The number of unbranched alkanes of at least 4 members (excludes halogenated alkanes) is 3. The first-order valence-corrected chi connectivity index (χ1v) is 8.26. The molecule has 1 atom stereocenters. The molecule has 1 unspecified atom stereocenters. The first kappa shape index (κ1) is 18.6. The lowest BCUT2D eigenvalue weighted by molar-refractivity contribution is 0.109. The third-order valence-electron chi connectivity index (χ3n) is 3.27.